The monoisotopic (exact) mass is 424 g/mol. The number of anilines is 1. The van der Waals surface area contributed by atoms with E-state index in [-0.39, 0.29) is 10.6 Å². The van der Waals surface area contributed by atoms with Crippen molar-refractivity contribution in [1.29, 1.82) is 0 Å². The summed E-state index contributed by atoms with van der Waals surface area (Å²) in [5.41, 5.74) is -0.529. The zero-order chi connectivity index (χ0) is 21.7. The third-order valence-corrected chi connectivity index (χ3v) is 6.14. The van der Waals surface area contributed by atoms with Crippen LogP contribution in [0.3, 0.4) is 0 Å². The predicted octanol–water partition coefficient (Wildman–Crippen LogP) is 1.71. The van der Waals surface area contributed by atoms with Crippen molar-refractivity contribution >= 4 is 33.6 Å². The van der Waals surface area contributed by atoms with Gasteiger partial charge in [-0.25, -0.2) is 22.7 Å². The highest BCUT2D eigenvalue weighted by atomic mass is 32.2. The molecule has 1 amide bonds. The first-order chi connectivity index (χ1) is 13.6. The molecule has 9 nitrogen and oxygen atoms in total. The minimum atomic E-state index is -4.03. The highest BCUT2D eigenvalue weighted by molar-refractivity contribution is 7.90. The topological polar surface area (TPSA) is 128 Å². The molecule has 2 N–H and O–H groups in total. The minimum absolute atomic E-state index is 0.102. The Morgan fingerprint density at radius 2 is 1.62 bits per heavy atom. The van der Waals surface area contributed by atoms with Crippen LogP contribution in [0.25, 0.3) is 0 Å². The Morgan fingerprint density at radius 1 is 1.03 bits per heavy atom. The summed E-state index contributed by atoms with van der Waals surface area (Å²) >= 11 is 0. The second kappa shape index (κ2) is 9.08. The van der Waals surface area contributed by atoms with Crippen molar-refractivity contribution in [2.75, 3.05) is 19.5 Å². The van der Waals surface area contributed by atoms with Gasteiger partial charge in [0, 0.05) is 11.1 Å². The highest BCUT2D eigenvalue weighted by Crippen LogP contribution is 2.37. The molecule has 0 bridgehead atoms. The zero-order valence-corrected chi connectivity index (χ0v) is 17.3. The number of carbonyl (C=O) groups excluding carboxylic acids is 3. The van der Waals surface area contributed by atoms with Crippen LogP contribution < -0.4 is 10.0 Å². The van der Waals surface area contributed by atoms with Crippen LogP contribution in [0.2, 0.25) is 0 Å². The van der Waals surface area contributed by atoms with Crippen LogP contribution in [0, 0.1) is 5.41 Å². The van der Waals surface area contributed by atoms with E-state index in [1.165, 1.54) is 24.3 Å². The van der Waals surface area contributed by atoms with E-state index in [4.69, 9.17) is 0 Å². The fourth-order valence-electron chi connectivity index (χ4n) is 2.99. The molecule has 1 fully saturated rings. The van der Waals surface area contributed by atoms with Crippen molar-refractivity contribution < 1.29 is 32.3 Å². The summed E-state index contributed by atoms with van der Waals surface area (Å²) < 4.78 is 36.2. The summed E-state index contributed by atoms with van der Waals surface area (Å²) in [5.74, 6) is -2.07. The van der Waals surface area contributed by atoms with Crippen molar-refractivity contribution in [3.63, 3.8) is 0 Å². The molecule has 0 aliphatic heterocycles. The lowest BCUT2D eigenvalue weighted by Crippen LogP contribution is -2.40. The number of ether oxygens (including phenoxy) is 2. The maximum atomic E-state index is 12.5. The number of rotatable bonds is 7. The Morgan fingerprint density at radius 3 is 2.14 bits per heavy atom. The molecule has 29 heavy (non-hydrogen) atoms. The van der Waals surface area contributed by atoms with Crippen LogP contribution in [0.4, 0.5) is 5.69 Å². The standard InChI is InChI=1S/C19H24N2O7S/c1-19(10-4-5-11-19)18(24)21-29(25,26)14-8-6-13(7-9-14)20-15(17(23)28-3)12-16(22)27-2/h6-9,12,20H,4-5,10-11H2,1-3H3,(H,21,24)/b15-12+. The van der Waals surface area contributed by atoms with Gasteiger partial charge in [0.05, 0.1) is 25.2 Å². The molecule has 0 aromatic heterocycles. The van der Waals surface area contributed by atoms with E-state index in [1.54, 1.807) is 6.92 Å². The van der Waals surface area contributed by atoms with Gasteiger partial charge in [0.2, 0.25) is 5.91 Å². The summed E-state index contributed by atoms with van der Waals surface area (Å²) in [4.78, 5) is 35.5. The summed E-state index contributed by atoms with van der Waals surface area (Å²) in [6.07, 6.45) is 4.01. The van der Waals surface area contributed by atoms with E-state index in [0.29, 0.717) is 18.5 Å². The molecule has 10 heteroatoms. The van der Waals surface area contributed by atoms with E-state index >= 15 is 0 Å². The number of hydrogen-bond donors (Lipinski definition) is 2. The number of amides is 1. The molecular weight excluding hydrogens is 400 g/mol. The average Bonchev–Trinajstić information content (AvgIpc) is 3.14. The third kappa shape index (κ3) is 5.57. The number of nitrogens with one attached hydrogen (secondary N) is 2. The number of benzene rings is 1. The van der Waals surface area contributed by atoms with Gasteiger partial charge in [-0.05, 0) is 37.1 Å². The number of hydrogen-bond acceptors (Lipinski definition) is 8. The Balaban J connectivity index is 2.15. The van der Waals surface area contributed by atoms with Gasteiger partial charge in [-0.1, -0.05) is 19.8 Å². The number of carbonyl (C=O) groups is 3. The summed E-state index contributed by atoms with van der Waals surface area (Å²) in [5, 5.41) is 2.67. The fraction of sp³-hybridized carbons (Fsp3) is 0.421. The molecule has 1 aliphatic carbocycles. The fourth-order valence-corrected chi connectivity index (χ4v) is 4.09. The van der Waals surface area contributed by atoms with Crippen LogP contribution in [0.5, 0.6) is 0 Å². The van der Waals surface area contributed by atoms with E-state index in [0.717, 1.165) is 33.1 Å². The molecule has 1 saturated carbocycles. The van der Waals surface area contributed by atoms with E-state index in [1.807, 2.05) is 0 Å². The Kier molecular flexibility index (Phi) is 7.02. The normalized spacial score (nSPS) is 16.0. The Hall–Kier alpha value is -2.88. The molecule has 1 aromatic rings. The summed E-state index contributed by atoms with van der Waals surface area (Å²) in [6.45, 7) is 1.76. The number of esters is 2. The second-order valence-corrected chi connectivity index (χ2v) is 8.61. The smallest absolute Gasteiger partial charge is 0.354 e. The largest absolute Gasteiger partial charge is 0.466 e. The van der Waals surface area contributed by atoms with Gasteiger partial charge in [-0.3, -0.25) is 4.79 Å². The van der Waals surface area contributed by atoms with Crippen LogP contribution in [0.1, 0.15) is 32.6 Å². The lowest BCUT2D eigenvalue weighted by Gasteiger charge is -2.22. The van der Waals surface area contributed by atoms with E-state index < -0.39 is 33.3 Å². The molecule has 1 aromatic carbocycles. The molecule has 2 rings (SSSR count). The SMILES string of the molecule is COC(=O)/C=C(/Nc1ccc(S(=O)(=O)NC(=O)C2(C)CCCC2)cc1)C(=O)OC. The molecule has 0 radical (unpaired) electrons. The van der Waals surface area contributed by atoms with Crippen LogP contribution in [0.15, 0.2) is 40.9 Å². The molecule has 0 atom stereocenters. The molecule has 0 saturated heterocycles. The first-order valence-corrected chi connectivity index (χ1v) is 10.4. The summed E-state index contributed by atoms with van der Waals surface area (Å²) in [7, 11) is -1.72. The molecule has 0 spiro atoms. The number of methoxy groups -OCH3 is 2. The number of sulfonamides is 1. The van der Waals surface area contributed by atoms with Crippen molar-refractivity contribution in [2.24, 2.45) is 5.41 Å². The van der Waals surface area contributed by atoms with Crippen LogP contribution in [-0.2, 0) is 33.9 Å². The van der Waals surface area contributed by atoms with Gasteiger partial charge in [-0.2, -0.15) is 0 Å². The van der Waals surface area contributed by atoms with Crippen molar-refractivity contribution in [1.82, 2.24) is 4.72 Å². The Bertz CT molecular complexity index is 914. The van der Waals surface area contributed by atoms with Crippen molar-refractivity contribution in [3.8, 4) is 0 Å². The van der Waals surface area contributed by atoms with E-state index in [2.05, 4.69) is 19.5 Å². The van der Waals surface area contributed by atoms with Crippen molar-refractivity contribution in [3.05, 3.63) is 36.0 Å². The summed E-state index contributed by atoms with van der Waals surface area (Å²) in [6, 6.07) is 5.35. The minimum Gasteiger partial charge on any atom is -0.466 e. The molecule has 0 heterocycles. The molecule has 158 valence electrons. The lowest BCUT2D eigenvalue weighted by molar-refractivity contribution is -0.138. The van der Waals surface area contributed by atoms with Gasteiger partial charge in [0.15, 0.2) is 0 Å². The maximum absolute atomic E-state index is 12.5. The van der Waals surface area contributed by atoms with Gasteiger partial charge >= 0.3 is 11.9 Å². The quantitative estimate of drug-likeness (QED) is 0.500. The first kappa shape index (κ1) is 22.4. The van der Waals surface area contributed by atoms with Crippen LogP contribution >= 0.6 is 0 Å². The molecular formula is C19H24N2O7S. The predicted molar refractivity (Wildman–Crippen MR) is 104 cm³/mol. The Labute approximate surface area is 169 Å². The van der Waals surface area contributed by atoms with Gasteiger partial charge < -0.3 is 14.8 Å². The molecule has 0 unspecified atom stereocenters. The average molecular weight is 424 g/mol. The van der Waals surface area contributed by atoms with Crippen LogP contribution in [-0.4, -0.2) is 40.5 Å². The maximum Gasteiger partial charge on any atom is 0.354 e. The first-order valence-electron chi connectivity index (χ1n) is 8.93. The third-order valence-electron chi connectivity index (χ3n) is 4.79. The van der Waals surface area contributed by atoms with E-state index in [9.17, 15) is 22.8 Å². The molecule has 1 aliphatic rings. The van der Waals surface area contributed by atoms with Gasteiger partial charge in [-0.15, -0.1) is 0 Å². The zero-order valence-electron chi connectivity index (χ0n) is 16.5. The van der Waals surface area contributed by atoms with Gasteiger partial charge in [0.1, 0.15) is 5.70 Å². The second-order valence-electron chi connectivity index (χ2n) is 6.92. The lowest BCUT2D eigenvalue weighted by atomic mass is 9.88. The van der Waals surface area contributed by atoms with Crippen molar-refractivity contribution in [2.45, 2.75) is 37.5 Å². The van der Waals surface area contributed by atoms with Gasteiger partial charge in [0.25, 0.3) is 10.0 Å². The highest BCUT2D eigenvalue weighted by Gasteiger charge is 2.38.